The summed E-state index contributed by atoms with van der Waals surface area (Å²) in [5.74, 6) is 0.0933. The molecule has 1 saturated carbocycles. The van der Waals surface area contributed by atoms with Gasteiger partial charge in [0.25, 0.3) is 0 Å². The van der Waals surface area contributed by atoms with Gasteiger partial charge in [-0.15, -0.1) is 11.3 Å². The van der Waals surface area contributed by atoms with Crippen molar-refractivity contribution in [2.75, 3.05) is 0 Å². The third-order valence-corrected chi connectivity index (χ3v) is 3.51. The summed E-state index contributed by atoms with van der Waals surface area (Å²) in [7, 11) is 0. The van der Waals surface area contributed by atoms with Gasteiger partial charge in [-0.2, -0.15) is 0 Å². The summed E-state index contributed by atoms with van der Waals surface area (Å²) in [5, 5.41) is 9.21. The first kappa shape index (κ1) is 11.5. The Morgan fingerprint density at radius 1 is 1.69 bits per heavy atom. The molecule has 0 aromatic carbocycles. The average molecular weight is 239 g/mol. The summed E-state index contributed by atoms with van der Waals surface area (Å²) in [6, 6.07) is 0.281. The number of amides is 1. The number of thiazole rings is 1. The fraction of sp³-hybridized carbons (Fsp3) is 0.636. The molecule has 0 spiro atoms. The van der Waals surface area contributed by atoms with Crippen LogP contribution < -0.4 is 10.6 Å². The number of hydrogen-bond donors (Lipinski definition) is 2. The van der Waals surface area contributed by atoms with Crippen LogP contribution in [0.3, 0.4) is 0 Å². The van der Waals surface area contributed by atoms with Crippen LogP contribution in [0.1, 0.15) is 30.5 Å². The summed E-state index contributed by atoms with van der Waals surface area (Å²) in [4.78, 5) is 16.0. The molecule has 1 fully saturated rings. The molecule has 1 atom stereocenters. The number of hydrogen-bond acceptors (Lipinski definition) is 4. The molecule has 0 saturated heterocycles. The SMILES string of the molecule is Cc1csc(CNC(C)C(=O)NC2CC2)n1. The summed E-state index contributed by atoms with van der Waals surface area (Å²) < 4.78 is 0. The highest BCUT2D eigenvalue weighted by Gasteiger charge is 2.25. The van der Waals surface area contributed by atoms with Crippen molar-refractivity contribution >= 4 is 17.2 Å². The minimum atomic E-state index is -0.148. The highest BCUT2D eigenvalue weighted by molar-refractivity contribution is 7.09. The minimum absolute atomic E-state index is 0.0933. The van der Waals surface area contributed by atoms with E-state index in [1.807, 2.05) is 19.2 Å². The summed E-state index contributed by atoms with van der Waals surface area (Å²) in [5.41, 5.74) is 1.04. The Labute approximate surface area is 99.5 Å². The van der Waals surface area contributed by atoms with Crippen molar-refractivity contribution < 1.29 is 4.79 Å². The van der Waals surface area contributed by atoms with Gasteiger partial charge in [0.2, 0.25) is 5.91 Å². The molecular weight excluding hydrogens is 222 g/mol. The first-order valence-electron chi connectivity index (χ1n) is 5.60. The lowest BCUT2D eigenvalue weighted by Crippen LogP contribution is -2.42. The van der Waals surface area contributed by atoms with Gasteiger partial charge in [-0.1, -0.05) is 0 Å². The molecule has 1 unspecified atom stereocenters. The number of aryl methyl sites for hydroxylation is 1. The van der Waals surface area contributed by atoms with E-state index in [1.165, 1.54) is 0 Å². The predicted molar refractivity (Wildman–Crippen MR) is 64.3 cm³/mol. The third-order valence-electron chi connectivity index (χ3n) is 2.54. The van der Waals surface area contributed by atoms with Gasteiger partial charge in [0.1, 0.15) is 5.01 Å². The second-order valence-electron chi connectivity index (χ2n) is 4.27. The molecule has 0 radical (unpaired) electrons. The van der Waals surface area contributed by atoms with Crippen molar-refractivity contribution in [3.05, 3.63) is 16.1 Å². The van der Waals surface area contributed by atoms with E-state index in [4.69, 9.17) is 0 Å². The van der Waals surface area contributed by atoms with E-state index in [9.17, 15) is 4.79 Å². The Balaban J connectivity index is 1.73. The van der Waals surface area contributed by atoms with Crippen molar-refractivity contribution in [1.29, 1.82) is 0 Å². The highest BCUT2D eigenvalue weighted by Crippen LogP contribution is 2.18. The van der Waals surface area contributed by atoms with E-state index < -0.39 is 0 Å². The van der Waals surface area contributed by atoms with Crippen molar-refractivity contribution in [2.24, 2.45) is 0 Å². The van der Waals surface area contributed by atoms with Gasteiger partial charge < -0.3 is 5.32 Å². The molecule has 16 heavy (non-hydrogen) atoms. The molecule has 0 bridgehead atoms. The van der Waals surface area contributed by atoms with Gasteiger partial charge in [-0.05, 0) is 26.7 Å². The largest absolute Gasteiger partial charge is 0.352 e. The van der Waals surface area contributed by atoms with Crippen LogP contribution in [-0.4, -0.2) is 23.0 Å². The monoisotopic (exact) mass is 239 g/mol. The molecule has 5 heteroatoms. The second-order valence-corrected chi connectivity index (χ2v) is 5.21. The zero-order chi connectivity index (χ0) is 11.5. The fourth-order valence-corrected chi connectivity index (χ4v) is 2.09. The molecule has 1 amide bonds. The van der Waals surface area contributed by atoms with Crippen LogP contribution in [-0.2, 0) is 11.3 Å². The van der Waals surface area contributed by atoms with Gasteiger partial charge in [-0.3, -0.25) is 10.1 Å². The molecule has 1 heterocycles. The first-order chi connectivity index (χ1) is 7.65. The van der Waals surface area contributed by atoms with Gasteiger partial charge in [0, 0.05) is 23.7 Å². The van der Waals surface area contributed by atoms with Crippen molar-refractivity contribution in [2.45, 2.75) is 45.3 Å². The Morgan fingerprint density at radius 3 is 3.00 bits per heavy atom. The maximum absolute atomic E-state index is 11.6. The third kappa shape index (κ3) is 3.28. The standard InChI is InChI=1S/C11H17N3OS/c1-7-6-16-10(13-7)5-12-8(2)11(15)14-9-3-4-9/h6,8-9,12H,3-5H2,1-2H3,(H,14,15). The maximum Gasteiger partial charge on any atom is 0.237 e. The van der Waals surface area contributed by atoms with E-state index >= 15 is 0 Å². The number of aromatic nitrogens is 1. The highest BCUT2D eigenvalue weighted by atomic mass is 32.1. The topological polar surface area (TPSA) is 54.0 Å². The van der Waals surface area contributed by atoms with E-state index in [-0.39, 0.29) is 11.9 Å². The van der Waals surface area contributed by atoms with Crippen LogP contribution in [0, 0.1) is 6.92 Å². The summed E-state index contributed by atoms with van der Waals surface area (Å²) in [6.45, 7) is 4.53. The normalized spacial score (nSPS) is 17.1. The number of carbonyl (C=O) groups excluding carboxylic acids is 1. The van der Waals surface area contributed by atoms with Crippen molar-refractivity contribution in [3.8, 4) is 0 Å². The van der Waals surface area contributed by atoms with Crippen LogP contribution in [0.4, 0.5) is 0 Å². The van der Waals surface area contributed by atoms with E-state index in [2.05, 4.69) is 15.6 Å². The molecule has 1 aliphatic carbocycles. The number of rotatable bonds is 5. The Kier molecular flexibility index (Phi) is 3.56. The van der Waals surface area contributed by atoms with Gasteiger partial charge in [0.05, 0.1) is 6.04 Å². The lowest BCUT2D eigenvalue weighted by Gasteiger charge is -2.12. The van der Waals surface area contributed by atoms with Gasteiger partial charge in [0.15, 0.2) is 0 Å². The van der Waals surface area contributed by atoms with E-state index in [1.54, 1.807) is 11.3 Å². The summed E-state index contributed by atoms with van der Waals surface area (Å²) >= 11 is 1.62. The molecule has 0 aliphatic heterocycles. The molecule has 4 nitrogen and oxygen atoms in total. The molecule has 88 valence electrons. The first-order valence-corrected chi connectivity index (χ1v) is 6.48. The molecule has 1 aromatic heterocycles. The van der Waals surface area contributed by atoms with E-state index in [0.29, 0.717) is 12.6 Å². The van der Waals surface area contributed by atoms with Crippen LogP contribution in [0.15, 0.2) is 5.38 Å². The van der Waals surface area contributed by atoms with Crippen LogP contribution in [0.2, 0.25) is 0 Å². The van der Waals surface area contributed by atoms with Gasteiger partial charge in [-0.25, -0.2) is 4.98 Å². The number of nitrogens with zero attached hydrogens (tertiary/aromatic N) is 1. The quantitative estimate of drug-likeness (QED) is 0.812. The molecule has 1 aliphatic rings. The van der Waals surface area contributed by atoms with Crippen molar-refractivity contribution in [3.63, 3.8) is 0 Å². The Bertz CT molecular complexity index is 373. The zero-order valence-corrected chi connectivity index (χ0v) is 10.4. The van der Waals surface area contributed by atoms with E-state index in [0.717, 1.165) is 23.5 Å². The molecule has 1 aromatic rings. The van der Waals surface area contributed by atoms with Crippen LogP contribution >= 0.6 is 11.3 Å². The smallest absolute Gasteiger partial charge is 0.237 e. The van der Waals surface area contributed by atoms with Gasteiger partial charge >= 0.3 is 0 Å². The predicted octanol–water partition coefficient (Wildman–Crippen LogP) is 1.21. The van der Waals surface area contributed by atoms with Crippen LogP contribution in [0.5, 0.6) is 0 Å². The molecule has 2 rings (SSSR count). The Morgan fingerprint density at radius 2 is 2.44 bits per heavy atom. The number of nitrogens with one attached hydrogen (secondary N) is 2. The summed E-state index contributed by atoms with van der Waals surface area (Å²) in [6.07, 6.45) is 2.26. The zero-order valence-electron chi connectivity index (χ0n) is 9.62. The lowest BCUT2D eigenvalue weighted by molar-refractivity contribution is -0.122. The number of carbonyl (C=O) groups is 1. The lowest BCUT2D eigenvalue weighted by atomic mass is 10.3. The molecular formula is C11H17N3OS. The molecule has 2 N–H and O–H groups in total. The minimum Gasteiger partial charge on any atom is -0.352 e. The van der Waals surface area contributed by atoms with Crippen LogP contribution in [0.25, 0.3) is 0 Å². The second kappa shape index (κ2) is 4.93. The average Bonchev–Trinajstić information content (AvgIpc) is 2.96. The maximum atomic E-state index is 11.6. The fourth-order valence-electron chi connectivity index (χ4n) is 1.37. The van der Waals surface area contributed by atoms with Crippen molar-refractivity contribution in [1.82, 2.24) is 15.6 Å². The Hall–Kier alpha value is -0.940.